The number of piperidine rings is 1. The number of hydrogen-bond donors (Lipinski definition) is 1. The average molecular weight is 279 g/mol. The van der Waals surface area contributed by atoms with E-state index in [2.05, 4.69) is 18.5 Å². The van der Waals surface area contributed by atoms with Crippen LogP contribution in [0.2, 0.25) is 0 Å². The highest BCUT2D eigenvalue weighted by Gasteiger charge is 2.22. The van der Waals surface area contributed by atoms with Crippen molar-refractivity contribution < 1.29 is 9.59 Å². The summed E-state index contributed by atoms with van der Waals surface area (Å²) in [6, 6.07) is 0.200. The Labute approximate surface area is 121 Å². The highest BCUT2D eigenvalue weighted by Crippen LogP contribution is 2.10. The lowest BCUT2D eigenvalue weighted by molar-refractivity contribution is -0.130. The lowest BCUT2D eigenvalue weighted by Gasteiger charge is -2.33. The number of likely N-dealkylation sites (tertiary alicyclic amines) is 1. The highest BCUT2D eigenvalue weighted by atomic mass is 16.2. The summed E-state index contributed by atoms with van der Waals surface area (Å²) in [5, 5.41) is 3.25. The van der Waals surface area contributed by atoms with Gasteiger partial charge >= 0.3 is 0 Å². The van der Waals surface area contributed by atoms with Crippen LogP contribution < -0.4 is 5.32 Å². The SMILES string of the molecule is C=CCN(CC=C)C(=O)CNC1CCCN(C(C)=O)C1. The van der Waals surface area contributed by atoms with E-state index in [0.717, 1.165) is 19.4 Å². The third-order valence-electron chi connectivity index (χ3n) is 3.46. The fourth-order valence-corrected chi connectivity index (χ4v) is 2.36. The van der Waals surface area contributed by atoms with Crippen molar-refractivity contribution in [3.63, 3.8) is 0 Å². The van der Waals surface area contributed by atoms with E-state index >= 15 is 0 Å². The summed E-state index contributed by atoms with van der Waals surface area (Å²) in [7, 11) is 0. The van der Waals surface area contributed by atoms with Gasteiger partial charge in [-0.15, -0.1) is 13.2 Å². The molecule has 0 bridgehead atoms. The largest absolute Gasteiger partial charge is 0.341 e. The van der Waals surface area contributed by atoms with E-state index in [-0.39, 0.29) is 24.4 Å². The third kappa shape index (κ3) is 5.17. The van der Waals surface area contributed by atoms with Gasteiger partial charge < -0.3 is 15.1 Å². The number of hydrogen-bond acceptors (Lipinski definition) is 3. The van der Waals surface area contributed by atoms with Crippen molar-refractivity contribution in [3.8, 4) is 0 Å². The summed E-state index contributed by atoms with van der Waals surface area (Å²) in [5.41, 5.74) is 0. The Kier molecular flexibility index (Phi) is 7.01. The maximum atomic E-state index is 12.1. The quantitative estimate of drug-likeness (QED) is 0.701. The Morgan fingerprint density at radius 2 is 2.00 bits per heavy atom. The monoisotopic (exact) mass is 279 g/mol. The van der Waals surface area contributed by atoms with E-state index < -0.39 is 0 Å². The molecule has 1 N–H and O–H groups in total. The summed E-state index contributed by atoms with van der Waals surface area (Å²) >= 11 is 0. The molecule has 1 atom stereocenters. The number of nitrogens with one attached hydrogen (secondary N) is 1. The van der Waals surface area contributed by atoms with E-state index in [4.69, 9.17) is 0 Å². The normalized spacial score (nSPS) is 18.4. The van der Waals surface area contributed by atoms with Crippen LogP contribution in [0.25, 0.3) is 0 Å². The van der Waals surface area contributed by atoms with Crippen LogP contribution in [0.3, 0.4) is 0 Å². The summed E-state index contributed by atoms with van der Waals surface area (Å²) in [4.78, 5) is 27.0. The molecule has 1 aliphatic heterocycles. The van der Waals surface area contributed by atoms with Crippen LogP contribution in [0, 0.1) is 0 Å². The maximum absolute atomic E-state index is 12.1. The second-order valence-corrected chi connectivity index (χ2v) is 5.06. The second-order valence-electron chi connectivity index (χ2n) is 5.06. The minimum Gasteiger partial charge on any atom is -0.341 e. The molecular weight excluding hydrogens is 254 g/mol. The number of rotatable bonds is 7. The van der Waals surface area contributed by atoms with E-state index in [1.54, 1.807) is 24.0 Å². The zero-order chi connectivity index (χ0) is 15.0. The summed E-state index contributed by atoms with van der Waals surface area (Å²) in [6.45, 7) is 11.7. The third-order valence-corrected chi connectivity index (χ3v) is 3.46. The molecule has 1 fully saturated rings. The van der Waals surface area contributed by atoms with Crippen molar-refractivity contribution >= 4 is 11.8 Å². The summed E-state index contributed by atoms with van der Waals surface area (Å²) in [5.74, 6) is 0.132. The highest BCUT2D eigenvalue weighted by molar-refractivity contribution is 5.78. The second kappa shape index (κ2) is 8.53. The van der Waals surface area contributed by atoms with Gasteiger partial charge in [-0.3, -0.25) is 9.59 Å². The van der Waals surface area contributed by atoms with Gasteiger partial charge in [0.25, 0.3) is 0 Å². The van der Waals surface area contributed by atoms with Crippen molar-refractivity contribution in [1.29, 1.82) is 0 Å². The van der Waals surface area contributed by atoms with Crippen molar-refractivity contribution in [3.05, 3.63) is 25.3 Å². The Hall–Kier alpha value is -1.62. The van der Waals surface area contributed by atoms with Gasteiger partial charge in [0.1, 0.15) is 0 Å². The van der Waals surface area contributed by atoms with Crippen LogP contribution in [-0.2, 0) is 9.59 Å². The molecule has 1 aliphatic rings. The minimum atomic E-state index is 0.0322. The first-order valence-electron chi connectivity index (χ1n) is 7.07. The van der Waals surface area contributed by atoms with Crippen molar-refractivity contribution in [2.24, 2.45) is 0 Å². The predicted octanol–water partition coefficient (Wildman–Crippen LogP) is 0.788. The Balaban J connectivity index is 2.40. The molecule has 0 aromatic heterocycles. The molecule has 112 valence electrons. The molecule has 0 spiro atoms. The lowest BCUT2D eigenvalue weighted by Crippen LogP contribution is -2.50. The first-order chi connectivity index (χ1) is 9.58. The van der Waals surface area contributed by atoms with Crippen LogP contribution >= 0.6 is 0 Å². The van der Waals surface area contributed by atoms with Gasteiger partial charge in [0.15, 0.2) is 0 Å². The molecule has 1 saturated heterocycles. The summed E-state index contributed by atoms with van der Waals surface area (Å²) in [6.07, 6.45) is 5.40. The zero-order valence-corrected chi connectivity index (χ0v) is 12.3. The number of amides is 2. The topological polar surface area (TPSA) is 52.7 Å². The van der Waals surface area contributed by atoms with Gasteiger partial charge in [-0.2, -0.15) is 0 Å². The van der Waals surface area contributed by atoms with Crippen molar-refractivity contribution in [1.82, 2.24) is 15.1 Å². The van der Waals surface area contributed by atoms with Crippen LogP contribution in [-0.4, -0.2) is 60.4 Å². The van der Waals surface area contributed by atoms with E-state index in [1.807, 2.05) is 4.90 Å². The molecule has 5 heteroatoms. The standard InChI is InChI=1S/C15H25N3O2/c1-4-8-17(9-5-2)15(20)11-16-14-7-6-10-18(12-14)13(3)19/h4-5,14,16H,1-2,6-12H2,3H3. The number of carbonyl (C=O) groups excluding carboxylic acids is 2. The molecule has 20 heavy (non-hydrogen) atoms. The zero-order valence-electron chi connectivity index (χ0n) is 12.3. The fraction of sp³-hybridized carbons (Fsp3) is 0.600. The van der Waals surface area contributed by atoms with E-state index in [1.165, 1.54) is 0 Å². The van der Waals surface area contributed by atoms with Crippen LogP contribution in [0.5, 0.6) is 0 Å². The predicted molar refractivity (Wildman–Crippen MR) is 80.3 cm³/mol. The molecule has 0 radical (unpaired) electrons. The first-order valence-corrected chi connectivity index (χ1v) is 7.07. The number of carbonyl (C=O) groups is 2. The molecule has 0 aliphatic carbocycles. The summed E-state index contributed by atoms with van der Waals surface area (Å²) < 4.78 is 0. The Bertz CT molecular complexity index is 358. The smallest absolute Gasteiger partial charge is 0.237 e. The first kappa shape index (κ1) is 16.4. The molecule has 1 rings (SSSR count). The molecule has 0 aromatic rings. The number of nitrogens with zero attached hydrogens (tertiary/aromatic N) is 2. The van der Waals surface area contributed by atoms with Gasteiger partial charge in [0, 0.05) is 39.1 Å². The van der Waals surface area contributed by atoms with Crippen LogP contribution in [0.4, 0.5) is 0 Å². The van der Waals surface area contributed by atoms with Gasteiger partial charge in [0.2, 0.25) is 11.8 Å². The molecule has 1 unspecified atom stereocenters. The van der Waals surface area contributed by atoms with E-state index in [0.29, 0.717) is 19.6 Å². The van der Waals surface area contributed by atoms with Crippen LogP contribution in [0.1, 0.15) is 19.8 Å². The molecule has 0 saturated carbocycles. The molecular formula is C15H25N3O2. The minimum absolute atomic E-state index is 0.0322. The molecule has 2 amide bonds. The Morgan fingerprint density at radius 3 is 2.55 bits per heavy atom. The Morgan fingerprint density at radius 1 is 1.35 bits per heavy atom. The average Bonchev–Trinajstić information content (AvgIpc) is 2.45. The van der Waals surface area contributed by atoms with Gasteiger partial charge in [-0.25, -0.2) is 0 Å². The van der Waals surface area contributed by atoms with E-state index in [9.17, 15) is 9.59 Å². The molecule has 5 nitrogen and oxygen atoms in total. The van der Waals surface area contributed by atoms with Gasteiger partial charge in [-0.05, 0) is 12.8 Å². The van der Waals surface area contributed by atoms with Crippen molar-refractivity contribution in [2.75, 3.05) is 32.7 Å². The lowest BCUT2D eigenvalue weighted by atomic mass is 10.1. The van der Waals surface area contributed by atoms with Crippen molar-refractivity contribution in [2.45, 2.75) is 25.8 Å². The maximum Gasteiger partial charge on any atom is 0.237 e. The van der Waals surface area contributed by atoms with Gasteiger partial charge in [0.05, 0.1) is 6.54 Å². The molecule has 0 aromatic carbocycles. The fourth-order valence-electron chi connectivity index (χ4n) is 2.36. The van der Waals surface area contributed by atoms with Gasteiger partial charge in [-0.1, -0.05) is 12.2 Å². The molecule has 1 heterocycles. The van der Waals surface area contributed by atoms with Crippen LogP contribution in [0.15, 0.2) is 25.3 Å².